The van der Waals surface area contributed by atoms with Crippen LogP contribution in [0.5, 0.6) is 0 Å². The first-order valence-corrected chi connectivity index (χ1v) is 15.7. The fourth-order valence-electron chi connectivity index (χ4n) is 3.09. The van der Waals surface area contributed by atoms with E-state index in [0.29, 0.717) is 30.3 Å². The van der Waals surface area contributed by atoms with E-state index in [1.807, 2.05) is 57.6 Å². The zero-order valence-electron chi connectivity index (χ0n) is 25.5. The summed E-state index contributed by atoms with van der Waals surface area (Å²) in [6, 6.07) is 0. The molecule has 0 aromatic rings. The molecule has 0 aliphatic rings. The fraction of sp³-hybridized carbons (Fsp3) is 0.633. The Morgan fingerprint density at radius 2 is 1.56 bits per heavy atom. The number of hydrogen-bond acceptors (Lipinski definition) is 9. The maximum atomic E-state index is 12.2. The molecule has 2 atom stereocenters. The molecule has 0 fully saturated rings. The second kappa shape index (κ2) is 23.2. The molecule has 0 aliphatic heterocycles. The van der Waals surface area contributed by atoms with Gasteiger partial charge in [-0.2, -0.15) is 0 Å². The highest BCUT2D eigenvalue weighted by Crippen LogP contribution is 2.38. The highest BCUT2D eigenvalue weighted by atomic mass is 31.2. The first-order chi connectivity index (χ1) is 19.3. The van der Waals surface area contributed by atoms with Gasteiger partial charge in [-0.15, -0.1) is 0 Å². The van der Waals surface area contributed by atoms with Crippen LogP contribution >= 0.6 is 7.82 Å². The maximum absolute atomic E-state index is 12.2. The molecule has 0 aromatic carbocycles. The highest BCUT2D eigenvalue weighted by Gasteiger charge is 2.21. The van der Waals surface area contributed by atoms with Crippen LogP contribution in [0.1, 0.15) is 71.6 Å². The van der Waals surface area contributed by atoms with Crippen LogP contribution in [0.25, 0.3) is 0 Å². The van der Waals surface area contributed by atoms with Gasteiger partial charge >= 0.3 is 11.9 Å². The van der Waals surface area contributed by atoms with E-state index >= 15 is 0 Å². The van der Waals surface area contributed by atoms with Crippen molar-refractivity contribution in [3.8, 4) is 0 Å². The third kappa shape index (κ3) is 27.6. The lowest BCUT2D eigenvalue weighted by atomic mass is 10.1. The zero-order valence-corrected chi connectivity index (χ0v) is 26.4. The van der Waals surface area contributed by atoms with Crippen molar-refractivity contribution in [3.05, 3.63) is 48.6 Å². The van der Waals surface area contributed by atoms with Crippen LogP contribution in [0.15, 0.2) is 48.6 Å². The van der Waals surface area contributed by atoms with Gasteiger partial charge in [-0.25, -0.2) is 0 Å². The number of phosphoric ester groups is 1. The Balaban J connectivity index is 4.27. The van der Waals surface area contributed by atoms with Gasteiger partial charge in [-0.1, -0.05) is 62.3 Å². The third-order valence-electron chi connectivity index (χ3n) is 5.39. The minimum absolute atomic E-state index is 0.0564. The minimum atomic E-state index is -4.61. The molecule has 0 saturated carbocycles. The SMILES string of the molecule is CCCCCC(=O)/C=C/C=C\C/C=C\C/C=C\CCCC(=O)O[C@H](COC(C)=O)COP(=O)([O-])OCC[N+](C)(C)C. The number of likely N-dealkylation sites (N-methyl/N-ethyl adjacent to an activating group) is 1. The Hall–Kier alpha value is -2.36. The van der Waals surface area contributed by atoms with E-state index in [-0.39, 0.29) is 25.4 Å². The number of quaternary nitrogens is 1. The lowest BCUT2D eigenvalue weighted by Crippen LogP contribution is -2.37. The maximum Gasteiger partial charge on any atom is 0.306 e. The van der Waals surface area contributed by atoms with Crippen molar-refractivity contribution >= 4 is 25.5 Å². The van der Waals surface area contributed by atoms with Gasteiger partial charge in [0.1, 0.15) is 19.8 Å². The van der Waals surface area contributed by atoms with Crippen molar-refractivity contribution in [2.24, 2.45) is 0 Å². The summed E-state index contributed by atoms with van der Waals surface area (Å²) in [7, 11) is 1.07. The van der Waals surface area contributed by atoms with E-state index < -0.39 is 32.5 Å². The molecule has 0 amide bonds. The number of nitrogens with zero attached hydrogens (tertiary/aromatic N) is 1. The van der Waals surface area contributed by atoms with Gasteiger partial charge in [0.25, 0.3) is 7.82 Å². The van der Waals surface area contributed by atoms with Gasteiger partial charge in [0.2, 0.25) is 0 Å². The van der Waals surface area contributed by atoms with Crippen LogP contribution in [-0.4, -0.2) is 75.8 Å². The lowest BCUT2D eigenvalue weighted by Gasteiger charge is -2.28. The van der Waals surface area contributed by atoms with Gasteiger partial charge in [0, 0.05) is 19.8 Å². The summed E-state index contributed by atoms with van der Waals surface area (Å²) in [6.07, 6.45) is 20.8. The van der Waals surface area contributed by atoms with E-state index in [4.69, 9.17) is 18.5 Å². The van der Waals surface area contributed by atoms with E-state index in [9.17, 15) is 23.8 Å². The molecule has 0 aromatic heterocycles. The van der Waals surface area contributed by atoms with Crippen LogP contribution < -0.4 is 4.89 Å². The van der Waals surface area contributed by atoms with Crippen molar-refractivity contribution < 1.29 is 46.8 Å². The Morgan fingerprint density at radius 3 is 2.22 bits per heavy atom. The molecule has 11 heteroatoms. The van der Waals surface area contributed by atoms with Gasteiger partial charge in [0.15, 0.2) is 11.9 Å². The largest absolute Gasteiger partial charge is 0.756 e. The molecule has 0 N–H and O–H groups in total. The number of allylic oxidation sites excluding steroid dienone is 8. The molecule has 0 aliphatic carbocycles. The molecule has 0 spiro atoms. The van der Waals surface area contributed by atoms with Gasteiger partial charge < -0.3 is 27.9 Å². The normalized spacial score (nSPS) is 14.7. The van der Waals surface area contributed by atoms with E-state index in [2.05, 4.69) is 6.92 Å². The van der Waals surface area contributed by atoms with Crippen molar-refractivity contribution in [3.63, 3.8) is 0 Å². The summed E-state index contributed by atoms with van der Waals surface area (Å²) in [5.41, 5.74) is 0. The van der Waals surface area contributed by atoms with Crippen molar-refractivity contribution in [1.82, 2.24) is 0 Å². The van der Waals surface area contributed by atoms with E-state index in [0.717, 1.165) is 32.1 Å². The highest BCUT2D eigenvalue weighted by molar-refractivity contribution is 7.45. The summed E-state index contributed by atoms with van der Waals surface area (Å²) in [5.74, 6) is -0.975. The number of ether oxygens (including phenoxy) is 2. The number of esters is 2. The number of carbonyl (C=O) groups excluding carboxylic acids is 3. The number of rotatable bonds is 24. The van der Waals surface area contributed by atoms with Crippen LogP contribution in [0.4, 0.5) is 0 Å². The molecule has 0 heterocycles. The summed E-state index contributed by atoms with van der Waals surface area (Å²) >= 11 is 0. The average Bonchev–Trinajstić information content (AvgIpc) is 2.87. The standard InChI is InChI=1S/C30H50NO9P/c1-6-7-17-20-28(33)21-18-15-13-11-9-8-10-12-14-16-19-22-30(34)40-29(25-37-27(2)32)26-39-41(35,36)38-24-23-31(3,4)5/h8-9,12-15,18,21,29H,6-7,10-11,16-17,19-20,22-26H2,1-5H3/b9-8-,14-12-,15-13-,21-18+/t29-/m1/s1. The lowest BCUT2D eigenvalue weighted by molar-refractivity contribution is -0.870. The zero-order chi connectivity index (χ0) is 31.0. The Morgan fingerprint density at radius 1 is 0.878 bits per heavy atom. The molecule has 1 unspecified atom stereocenters. The molecule has 234 valence electrons. The number of unbranched alkanes of at least 4 members (excludes halogenated alkanes) is 3. The summed E-state index contributed by atoms with van der Waals surface area (Å²) in [5, 5.41) is 0. The molecular formula is C30H50NO9P. The average molecular weight is 600 g/mol. The van der Waals surface area contributed by atoms with Gasteiger partial charge in [-0.3, -0.25) is 18.9 Å². The van der Waals surface area contributed by atoms with Gasteiger partial charge in [0.05, 0.1) is 27.7 Å². The smallest absolute Gasteiger partial charge is 0.306 e. The van der Waals surface area contributed by atoms with Gasteiger partial charge in [-0.05, 0) is 38.2 Å². The second-order valence-electron chi connectivity index (χ2n) is 10.5. The Bertz CT molecular complexity index is 919. The molecule has 41 heavy (non-hydrogen) atoms. The Labute approximate surface area is 246 Å². The van der Waals surface area contributed by atoms with Crippen LogP contribution in [0.2, 0.25) is 0 Å². The van der Waals surface area contributed by atoms with Crippen LogP contribution in [0.3, 0.4) is 0 Å². The number of carbonyl (C=O) groups is 3. The van der Waals surface area contributed by atoms with Crippen molar-refractivity contribution in [2.75, 3.05) is 47.5 Å². The summed E-state index contributed by atoms with van der Waals surface area (Å²) in [6.45, 7) is 2.86. The third-order valence-corrected chi connectivity index (χ3v) is 6.35. The van der Waals surface area contributed by atoms with E-state index in [1.54, 1.807) is 12.2 Å². The van der Waals surface area contributed by atoms with E-state index in [1.165, 1.54) is 6.92 Å². The topological polar surface area (TPSA) is 128 Å². The molecule has 0 rings (SSSR count). The molecule has 0 radical (unpaired) electrons. The number of hydrogen-bond donors (Lipinski definition) is 0. The number of phosphoric acid groups is 1. The predicted octanol–water partition coefficient (Wildman–Crippen LogP) is 4.99. The van der Waals surface area contributed by atoms with Crippen molar-refractivity contribution in [2.45, 2.75) is 77.7 Å². The summed E-state index contributed by atoms with van der Waals surface area (Å²) in [4.78, 5) is 47.0. The number of ketones is 1. The molecule has 0 bridgehead atoms. The van der Waals surface area contributed by atoms with Crippen molar-refractivity contribution in [1.29, 1.82) is 0 Å². The first kappa shape index (κ1) is 38.6. The monoisotopic (exact) mass is 599 g/mol. The fourth-order valence-corrected chi connectivity index (χ4v) is 3.82. The molecule has 10 nitrogen and oxygen atoms in total. The summed E-state index contributed by atoms with van der Waals surface area (Å²) < 4.78 is 32.3. The minimum Gasteiger partial charge on any atom is -0.756 e. The quantitative estimate of drug-likeness (QED) is 0.0287. The van der Waals surface area contributed by atoms with Crippen LogP contribution in [-0.2, 0) is 37.5 Å². The predicted molar refractivity (Wildman–Crippen MR) is 158 cm³/mol. The molecule has 0 saturated heterocycles. The Kier molecular flexibility index (Phi) is 21.9. The second-order valence-corrected chi connectivity index (χ2v) is 11.9. The first-order valence-electron chi connectivity index (χ1n) is 14.2. The molecular weight excluding hydrogens is 549 g/mol. The van der Waals surface area contributed by atoms with Crippen LogP contribution in [0, 0.1) is 0 Å².